The van der Waals surface area contributed by atoms with E-state index < -0.39 is 0 Å². The molecule has 3 aromatic rings. The molecule has 0 spiro atoms. The van der Waals surface area contributed by atoms with Crippen LogP contribution in [-0.4, -0.2) is 44.2 Å². The zero-order chi connectivity index (χ0) is 16.4. The quantitative estimate of drug-likeness (QED) is 0.583. The molecule has 4 heterocycles. The van der Waals surface area contributed by atoms with Crippen molar-refractivity contribution in [2.75, 3.05) is 19.3 Å². The number of thioether (sulfide) groups is 1. The molecule has 0 unspecified atom stereocenters. The van der Waals surface area contributed by atoms with Crippen LogP contribution in [0.15, 0.2) is 41.9 Å². The van der Waals surface area contributed by atoms with Gasteiger partial charge in [-0.15, -0.1) is 0 Å². The molecule has 1 aliphatic heterocycles. The average Bonchev–Trinajstić information content (AvgIpc) is 3.07. The predicted octanol–water partition coefficient (Wildman–Crippen LogP) is 3.45. The van der Waals surface area contributed by atoms with Crippen LogP contribution in [-0.2, 0) is 6.54 Å². The summed E-state index contributed by atoms with van der Waals surface area (Å²) >= 11 is 1.58. The van der Waals surface area contributed by atoms with Crippen molar-refractivity contribution in [2.45, 2.75) is 30.5 Å². The Bertz CT molecular complexity index is 781. The third-order valence-electron chi connectivity index (χ3n) is 4.63. The normalized spacial score (nSPS) is 19.0. The molecule has 5 nitrogen and oxygen atoms in total. The molecule has 0 radical (unpaired) electrons. The minimum absolute atomic E-state index is 0.541. The Morgan fingerprint density at radius 1 is 1.29 bits per heavy atom. The lowest BCUT2D eigenvalue weighted by Crippen LogP contribution is -2.34. The minimum atomic E-state index is 0.541. The van der Waals surface area contributed by atoms with Gasteiger partial charge in [-0.05, 0) is 43.8 Å². The molecule has 1 N–H and O–H groups in total. The van der Waals surface area contributed by atoms with Crippen molar-refractivity contribution >= 4 is 22.8 Å². The van der Waals surface area contributed by atoms with Gasteiger partial charge >= 0.3 is 0 Å². The molecule has 1 atom stereocenters. The summed E-state index contributed by atoms with van der Waals surface area (Å²) in [7, 11) is 0. The number of rotatable bonds is 4. The summed E-state index contributed by atoms with van der Waals surface area (Å²) in [6.45, 7) is 3.12. The van der Waals surface area contributed by atoms with Crippen LogP contribution in [0.5, 0.6) is 0 Å². The molecule has 6 heteroatoms. The third kappa shape index (κ3) is 3.30. The van der Waals surface area contributed by atoms with Gasteiger partial charge in [-0.3, -0.25) is 4.90 Å². The number of nitrogens with one attached hydrogen (secondary N) is 1. The largest absolute Gasteiger partial charge is 0.343 e. The molecule has 0 bridgehead atoms. The Labute approximate surface area is 145 Å². The highest BCUT2D eigenvalue weighted by Crippen LogP contribution is 2.29. The van der Waals surface area contributed by atoms with E-state index in [1.807, 2.05) is 30.9 Å². The summed E-state index contributed by atoms with van der Waals surface area (Å²) in [4.78, 5) is 19.2. The molecular formula is C18H21N5S. The topological polar surface area (TPSA) is 57.7 Å². The van der Waals surface area contributed by atoms with E-state index in [1.54, 1.807) is 11.8 Å². The van der Waals surface area contributed by atoms with E-state index in [0.717, 1.165) is 30.4 Å². The van der Waals surface area contributed by atoms with E-state index in [4.69, 9.17) is 0 Å². The van der Waals surface area contributed by atoms with Gasteiger partial charge in [0.05, 0.1) is 0 Å². The van der Waals surface area contributed by atoms with E-state index >= 15 is 0 Å². The highest BCUT2D eigenvalue weighted by Gasteiger charge is 2.23. The van der Waals surface area contributed by atoms with Crippen molar-refractivity contribution in [1.82, 2.24) is 24.8 Å². The monoisotopic (exact) mass is 339 g/mol. The average molecular weight is 339 g/mol. The molecule has 1 fully saturated rings. The van der Waals surface area contributed by atoms with Gasteiger partial charge in [0.25, 0.3) is 0 Å². The van der Waals surface area contributed by atoms with Gasteiger partial charge in [0.15, 0.2) is 5.16 Å². The number of H-pyrrole nitrogens is 1. The summed E-state index contributed by atoms with van der Waals surface area (Å²) in [5.41, 5.74) is 3.49. The van der Waals surface area contributed by atoms with Crippen LogP contribution in [0.4, 0.5) is 0 Å². The molecule has 3 aromatic heterocycles. The maximum Gasteiger partial charge on any atom is 0.187 e. The first-order valence-corrected chi connectivity index (χ1v) is 9.55. The molecule has 124 valence electrons. The molecule has 0 aromatic carbocycles. The molecule has 24 heavy (non-hydrogen) atoms. The van der Waals surface area contributed by atoms with Gasteiger partial charge in [0.1, 0.15) is 5.65 Å². The van der Waals surface area contributed by atoms with Crippen molar-refractivity contribution in [3.8, 4) is 0 Å². The minimum Gasteiger partial charge on any atom is -0.343 e. The first-order valence-electron chi connectivity index (χ1n) is 8.33. The lowest BCUT2D eigenvalue weighted by Gasteiger charge is -2.32. The number of hydrogen-bond acceptors (Lipinski definition) is 5. The van der Waals surface area contributed by atoms with Crippen LogP contribution in [0.2, 0.25) is 0 Å². The Hall–Kier alpha value is -1.92. The van der Waals surface area contributed by atoms with Crippen LogP contribution in [0.1, 0.15) is 30.0 Å². The van der Waals surface area contributed by atoms with Crippen LogP contribution < -0.4 is 0 Å². The van der Waals surface area contributed by atoms with Gasteiger partial charge in [-0.25, -0.2) is 15.0 Å². The summed E-state index contributed by atoms with van der Waals surface area (Å²) in [5.74, 6) is 0.541. The zero-order valence-electron chi connectivity index (χ0n) is 13.8. The number of pyridine rings is 1. The summed E-state index contributed by atoms with van der Waals surface area (Å²) in [6.07, 6.45) is 10.2. The molecule has 1 saturated heterocycles. The first kappa shape index (κ1) is 15.6. The lowest BCUT2D eigenvalue weighted by molar-refractivity contribution is 0.198. The Kier molecular flexibility index (Phi) is 4.49. The Morgan fingerprint density at radius 3 is 2.96 bits per heavy atom. The van der Waals surface area contributed by atoms with E-state index in [1.165, 1.54) is 29.5 Å². The fourth-order valence-electron chi connectivity index (χ4n) is 3.44. The van der Waals surface area contributed by atoms with Gasteiger partial charge < -0.3 is 4.98 Å². The molecule has 0 amide bonds. The Balaban J connectivity index is 1.46. The number of nitrogens with zero attached hydrogens (tertiary/aromatic N) is 4. The number of fused-ring (bicyclic) bond motifs is 1. The second kappa shape index (κ2) is 6.91. The fourth-order valence-corrected chi connectivity index (χ4v) is 3.76. The van der Waals surface area contributed by atoms with Crippen molar-refractivity contribution in [2.24, 2.45) is 0 Å². The molecule has 4 rings (SSSR count). The Morgan fingerprint density at radius 2 is 2.17 bits per heavy atom. The second-order valence-electron chi connectivity index (χ2n) is 6.32. The molecule has 0 aliphatic carbocycles. The van der Waals surface area contributed by atoms with Crippen LogP contribution >= 0.6 is 11.8 Å². The van der Waals surface area contributed by atoms with E-state index in [0.29, 0.717) is 5.92 Å². The highest BCUT2D eigenvalue weighted by atomic mass is 32.2. The molecular weight excluding hydrogens is 318 g/mol. The number of hydrogen-bond donors (Lipinski definition) is 1. The molecule has 1 aliphatic rings. The maximum atomic E-state index is 4.41. The summed E-state index contributed by atoms with van der Waals surface area (Å²) in [5, 5.41) is 2.03. The van der Waals surface area contributed by atoms with Crippen LogP contribution in [0, 0.1) is 0 Å². The maximum absolute atomic E-state index is 4.41. The van der Waals surface area contributed by atoms with Crippen molar-refractivity contribution in [3.05, 3.63) is 48.0 Å². The first-order chi connectivity index (χ1) is 11.8. The summed E-state index contributed by atoms with van der Waals surface area (Å²) < 4.78 is 0. The highest BCUT2D eigenvalue weighted by molar-refractivity contribution is 7.98. The smallest absolute Gasteiger partial charge is 0.187 e. The lowest BCUT2D eigenvalue weighted by atomic mass is 9.94. The van der Waals surface area contributed by atoms with Gasteiger partial charge in [-0.1, -0.05) is 11.8 Å². The molecule has 0 saturated carbocycles. The standard InChI is InChI=1S/C18H21N5S/c1-24-18-20-9-13(10-21-18)11-23-7-3-5-15(12-23)16-8-14-4-2-6-19-17(14)22-16/h2,4,6,8-10,15H,3,5,7,11-12H2,1H3,(H,19,22)/t15-/m0/s1. The van der Waals surface area contributed by atoms with E-state index in [9.17, 15) is 0 Å². The van der Waals surface area contributed by atoms with E-state index in [2.05, 4.69) is 37.0 Å². The predicted molar refractivity (Wildman–Crippen MR) is 97.2 cm³/mol. The van der Waals surface area contributed by atoms with Crippen molar-refractivity contribution in [1.29, 1.82) is 0 Å². The fraction of sp³-hybridized carbons (Fsp3) is 0.389. The van der Waals surface area contributed by atoms with Gasteiger partial charge in [0.2, 0.25) is 0 Å². The van der Waals surface area contributed by atoms with E-state index in [-0.39, 0.29) is 0 Å². The van der Waals surface area contributed by atoms with Crippen molar-refractivity contribution < 1.29 is 0 Å². The van der Waals surface area contributed by atoms with Crippen molar-refractivity contribution in [3.63, 3.8) is 0 Å². The second-order valence-corrected chi connectivity index (χ2v) is 7.09. The number of piperidine rings is 1. The number of likely N-dealkylation sites (tertiary alicyclic amines) is 1. The SMILES string of the molecule is CSc1ncc(CN2CCC[C@H](c3cc4cccnc4[nH]3)C2)cn1. The van der Waals surface area contributed by atoms with Gasteiger partial charge in [0, 0.05) is 54.2 Å². The van der Waals surface area contributed by atoms with Crippen LogP contribution in [0.3, 0.4) is 0 Å². The van der Waals surface area contributed by atoms with Crippen LogP contribution in [0.25, 0.3) is 11.0 Å². The zero-order valence-corrected chi connectivity index (χ0v) is 14.6. The third-order valence-corrected chi connectivity index (χ3v) is 5.20. The number of aromatic nitrogens is 4. The summed E-state index contributed by atoms with van der Waals surface area (Å²) in [6, 6.07) is 6.37. The number of aromatic amines is 1. The van der Waals surface area contributed by atoms with Gasteiger partial charge in [-0.2, -0.15) is 0 Å².